The molecule has 0 saturated carbocycles. The van der Waals surface area contributed by atoms with Crippen LogP contribution < -0.4 is 14.8 Å². The zero-order chi connectivity index (χ0) is 19.1. The van der Waals surface area contributed by atoms with Gasteiger partial charge < -0.3 is 19.5 Å². The molecule has 2 aromatic rings. The van der Waals surface area contributed by atoms with Gasteiger partial charge in [0, 0.05) is 10.1 Å². The standard InChI is InChI=1S/C19H20INO5/c1-24-16-10-14(15(20)11-17(16)25-2)18(22)21-9-8-12-4-6-13(7-5-12)19(23)26-3/h4-7,10-11H,8-9H2,1-3H3,(H,21,22). The third-order valence-electron chi connectivity index (χ3n) is 3.79. The summed E-state index contributed by atoms with van der Waals surface area (Å²) in [7, 11) is 4.44. The van der Waals surface area contributed by atoms with E-state index in [-0.39, 0.29) is 11.9 Å². The first-order chi connectivity index (χ1) is 12.5. The monoisotopic (exact) mass is 469 g/mol. The molecule has 0 saturated heterocycles. The largest absolute Gasteiger partial charge is 0.493 e. The van der Waals surface area contributed by atoms with E-state index in [1.165, 1.54) is 14.2 Å². The second-order valence-corrected chi connectivity index (χ2v) is 6.54. The number of halogens is 1. The minimum absolute atomic E-state index is 0.179. The molecule has 0 spiro atoms. The van der Waals surface area contributed by atoms with Gasteiger partial charge >= 0.3 is 5.97 Å². The van der Waals surface area contributed by atoms with Crippen molar-refractivity contribution in [2.75, 3.05) is 27.9 Å². The molecular weight excluding hydrogens is 449 g/mol. The number of ether oxygens (including phenoxy) is 3. The Labute approximate surface area is 166 Å². The highest BCUT2D eigenvalue weighted by atomic mass is 127. The lowest BCUT2D eigenvalue weighted by atomic mass is 10.1. The van der Waals surface area contributed by atoms with Gasteiger partial charge in [-0.05, 0) is 58.8 Å². The molecule has 2 rings (SSSR count). The summed E-state index contributed by atoms with van der Waals surface area (Å²) in [5, 5.41) is 2.89. The van der Waals surface area contributed by atoms with Crippen molar-refractivity contribution in [3.05, 3.63) is 56.7 Å². The molecule has 0 bridgehead atoms. The Balaban J connectivity index is 1.97. The minimum atomic E-state index is -0.368. The number of rotatable bonds is 7. The molecule has 0 aliphatic heterocycles. The Kier molecular flexibility index (Phi) is 7.26. The lowest BCUT2D eigenvalue weighted by molar-refractivity contribution is 0.0600. The summed E-state index contributed by atoms with van der Waals surface area (Å²) in [4.78, 5) is 23.8. The molecular formula is C19H20INO5. The van der Waals surface area contributed by atoms with Crippen LogP contribution in [0.5, 0.6) is 11.5 Å². The smallest absolute Gasteiger partial charge is 0.337 e. The van der Waals surface area contributed by atoms with E-state index in [0.29, 0.717) is 35.6 Å². The van der Waals surface area contributed by atoms with Crippen molar-refractivity contribution in [2.24, 2.45) is 0 Å². The zero-order valence-corrected chi connectivity index (χ0v) is 17.0. The molecule has 138 valence electrons. The third-order valence-corrected chi connectivity index (χ3v) is 4.68. The van der Waals surface area contributed by atoms with Crippen LogP contribution in [0, 0.1) is 3.57 Å². The van der Waals surface area contributed by atoms with E-state index in [1.54, 1.807) is 31.4 Å². The topological polar surface area (TPSA) is 73.9 Å². The van der Waals surface area contributed by atoms with Crippen LogP contribution in [-0.2, 0) is 11.2 Å². The fraction of sp³-hybridized carbons (Fsp3) is 0.263. The van der Waals surface area contributed by atoms with Gasteiger partial charge in [-0.15, -0.1) is 0 Å². The van der Waals surface area contributed by atoms with E-state index < -0.39 is 0 Å². The van der Waals surface area contributed by atoms with Crippen molar-refractivity contribution in [1.82, 2.24) is 5.32 Å². The number of esters is 1. The van der Waals surface area contributed by atoms with Crippen molar-refractivity contribution in [3.8, 4) is 11.5 Å². The van der Waals surface area contributed by atoms with Crippen molar-refractivity contribution >= 4 is 34.5 Å². The molecule has 0 fully saturated rings. The van der Waals surface area contributed by atoms with Crippen LogP contribution in [0.3, 0.4) is 0 Å². The SMILES string of the molecule is COC(=O)c1ccc(CCNC(=O)c2cc(OC)c(OC)cc2I)cc1. The molecule has 0 aromatic heterocycles. The number of methoxy groups -OCH3 is 3. The molecule has 0 heterocycles. The van der Waals surface area contributed by atoms with Gasteiger partial charge in [-0.1, -0.05) is 12.1 Å². The highest BCUT2D eigenvalue weighted by Gasteiger charge is 2.15. The Morgan fingerprint density at radius 2 is 1.62 bits per heavy atom. The number of carbonyl (C=O) groups excluding carboxylic acids is 2. The van der Waals surface area contributed by atoms with E-state index in [0.717, 1.165) is 9.13 Å². The van der Waals surface area contributed by atoms with Gasteiger partial charge in [0.15, 0.2) is 11.5 Å². The van der Waals surface area contributed by atoms with E-state index in [9.17, 15) is 9.59 Å². The first-order valence-electron chi connectivity index (χ1n) is 7.87. The lowest BCUT2D eigenvalue weighted by Gasteiger charge is -2.12. The first kappa shape index (κ1) is 20.0. The van der Waals surface area contributed by atoms with Gasteiger partial charge in [0.2, 0.25) is 0 Å². The van der Waals surface area contributed by atoms with Crippen LogP contribution in [0.25, 0.3) is 0 Å². The fourth-order valence-corrected chi connectivity index (χ4v) is 3.05. The average molecular weight is 469 g/mol. The summed E-state index contributed by atoms with van der Waals surface area (Å²) in [6.07, 6.45) is 0.650. The van der Waals surface area contributed by atoms with E-state index >= 15 is 0 Å². The van der Waals surface area contributed by atoms with Crippen LogP contribution in [0.15, 0.2) is 36.4 Å². The highest BCUT2D eigenvalue weighted by Crippen LogP contribution is 2.31. The minimum Gasteiger partial charge on any atom is -0.493 e. The van der Waals surface area contributed by atoms with Crippen LogP contribution in [0.1, 0.15) is 26.3 Å². The Morgan fingerprint density at radius 1 is 1.00 bits per heavy atom. The summed E-state index contributed by atoms with van der Waals surface area (Å²) in [6.45, 7) is 0.473. The summed E-state index contributed by atoms with van der Waals surface area (Å²) in [6, 6.07) is 10.5. The number of hydrogen-bond acceptors (Lipinski definition) is 5. The molecule has 0 aliphatic rings. The number of hydrogen-bond donors (Lipinski definition) is 1. The Bertz CT molecular complexity index is 789. The molecule has 1 N–H and O–H groups in total. The van der Waals surface area contributed by atoms with Crippen LogP contribution in [-0.4, -0.2) is 39.8 Å². The molecule has 0 unspecified atom stereocenters. The summed E-state index contributed by atoms with van der Waals surface area (Å²) < 4.78 is 15.9. The number of nitrogens with one attached hydrogen (secondary N) is 1. The summed E-state index contributed by atoms with van der Waals surface area (Å²) in [5.41, 5.74) is 2.05. The van der Waals surface area contributed by atoms with Gasteiger partial charge in [0.25, 0.3) is 5.91 Å². The van der Waals surface area contributed by atoms with Crippen LogP contribution in [0.4, 0.5) is 0 Å². The Hall–Kier alpha value is -2.29. The maximum Gasteiger partial charge on any atom is 0.337 e. The second kappa shape index (κ2) is 9.42. The quantitative estimate of drug-likeness (QED) is 0.499. The third kappa shape index (κ3) is 4.87. The molecule has 0 aliphatic carbocycles. The normalized spacial score (nSPS) is 10.2. The Morgan fingerprint density at radius 3 is 2.19 bits per heavy atom. The number of benzene rings is 2. The first-order valence-corrected chi connectivity index (χ1v) is 8.95. The van der Waals surface area contributed by atoms with Crippen molar-refractivity contribution in [1.29, 1.82) is 0 Å². The molecule has 26 heavy (non-hydrogen) atoms. The van der Waals surface area contributed by atoms with E-state index in [1.807, 2.05) is 12.1 Å². The molecule has 0 radical (unpaired) electrons. The molecule has 7 heteroatoms. The van der Waals surface area contributed by atoms with Crippen LogP contribution >= 0.6 is 22.6 Å². The predicted molar refractivity (Wildman–Crippen MR) is 106 cm³/mol. The maximum atomic E-state index is 12.4. The molecule has 6 nitrogen and oxygen atoms in total. The van der Waals surface area contributed by atoms with Gasteiger partial charge in [0.1, 0.15) is 0 Å². The van der Waals surface area contributed by atoms with Gasteiger partial charge in [-0.25, -0.2) is 4.79 Å². The molecule has 1 amide bonds. The fourth-order valence-electron chi connectivity index (χ4n) is 2.37. The number of amides is 1. The van der Waals surface area contributed by atoms with E-state index in [4.69, 9.17) is 9.47 Å². The zero-order valence-electron chi connectivity index (χ0n) is 14.8. The van der Waals surface area contributed by atoms with Gasteiger partial charge in [-0.3, -0.25) is 4.79 Å². The van der Waals surface area contributed by atoms with Crippen molar-refractivity contribution in [3.63, 3.8) is 0 Å². The van der Waals surface area contributed by atoms with Gasteiger partial charge in [-0.2, -0.15) is 0 Å². The highest BCUT2D eigenvalue weighted by molar-refractivity contribution is 14.1. The second-order valence-electron chi connectivity index (χ2n) is 5.38. The van der Waals surface area contributed by atoms with Crippen molar-refractivity contribution in [2.45, 2.75) is 6.42 Å². The maximum absolute atomic E-state index is 12.4. The summed E-state index contributed by atoms with van der Waals surface area (Å²) in [5.74, 6) is 0.546. The molecule has 0 atom stereocenters. The van der Waals surface area contributed by atoms with Crippen molar-refractivity contribution < 1.29 is 23.8 Å². The van der Waals surface area contributed by atoms with Gasteiger partial charge in [0.05, 0.1) is 32.5 Å². The predicted octanol–water partition coefficient (Wildman–Crippen LogP) is 3.07. The van der Waals surface area contributed by atoms with E-state index in [2.05, 4.69) is 32.6 Å². The number of carbonyl (C=O) groups is 2. The summed E-state index contributed by atoms with van der Waals surface area (Å²) >= 11 is 2.09. The van der Waals surface area contributed by atoms with Crippen LogP contribution in [0.2, 0.25) is 0 Å². The average Bonchev–Trinajstić information content (AvgIpc) is 2.67. The molecule has 2 aromatic carbocycles. The lowest BCUT2D eigenvalue weighted by Crippen LogP contribution is -2.26.